The molecule has 1 heterocycles. The molecule has 6 heteroatoms. The number of carbonyl (C=O) groups is 1. The Labute approximate surface area is 180 Å². The van der Waals surface area contributed by atoms with Gasteiger partial charge in [-0.05, 0) is 47.5 Å². The molecule has 0 saturated carbocycles. The van der Waals surface area contributed by atoms with Crippen molar-refractivity contribution < 1.29 is 18.3 Å². The van der Waals surface area contributed by atoms with Crippen LogP contribution in [0.15, 0.2) is 72.8 Å². The summed E-state index contributed by atoms with van der Waals surface area (Å²) in [4.78, 5) is 17.1. The minimum Gasteiger partial charge on any atom is -0.496 e. The van der Waals surface area contributed by atoms with Gasteiger partial charge in [-0.25, -0.2) is 8.78 Å². The Kier molecular flexibility index (Phi) is 6.28. The standard InChI is InChI=1S/C25H24F2N2O2/c1-31-23-5-3-2-4-22(23)25(30)29-16-14-28(15-17-29)24(18-6-10-20(26)11-7-18)19-8-12-21(27)13-9-19/h2-13,24H,14-17H2,1H3. The average molecular weight is 422 g/mol. The van der Waals surface area contributed by atoms with Crippen LogP contribution in [0.2, 0.25) is 0 Å². The fourth-order valence-corrected chi connectivity index (χ4v) is 4.08. The summed E-state index contributed by atoms with van der Waals surface area (Å²) in [6, 6.07) is 19.9. The molecule has 1 aliphatic rings. The lowest BCUT2D eigenvalue weighted by Crippen LogP contribution is -2.49. The molecule has 1 fully saturated rings. The highest BCUT2D eigenvalue weighted by Crippen LogP contribution is 2.30. The predicted octanol–water partition coefficient (Wildman–Crippen LogP) is 4.52. The summed E-state index contributed by atoms with van der Waals surface area (Å²) in [5, 5.41) is 0. The van der Waals surface area contributed by atoms with Gasteiger partial charge in [-0.15, -0.1) is 0 Å². The number of nitrogens with zero attached hydrogens (tertiary/aromatic N) is 2. The van der Waals surface area contributed by atoms with E-state index < -0.39 is 0 Å². The van der Waals surface area contributed by atoms with E-state index in [1.165, 1.54) is 24.3 Å². The van der Waals surface area contributed by atoms with Crippen molar-refractivity contribution in [2.75, 3.05) is 33.3 Å². The second kappa shape index (κ2) is 9.27. The van der Waals surface area contributed by atoms with Gasteiger partial charge >= 0.3 is 0 Å². The zero-order valence-electron chi connectivity index (χ0n) is 17.3. The number of rotatable bonds is 5. The molecule has 1 amide bonds. The molecule has 160 valence electrons. The smallest absolute Gasteiger partial charge is 0.257 e. The maximum Gasteiger partial charge on any atom is 0.257 e. The highest BCUT2D eigenvalue weighted by Gasteiger charge is 2.29. The van der Waals surface area contributed by atoms with Crippen molar-refractivity contribution in [3.63, 3.8) is 0 Å². The predicted molar refractivity (Wildman–Crippen MR) is 115 cm³/mol. The van der Waals surface area contributed by atoms with E-state index >= 15 is 0 Å². The molecule has 0 bridgehead atoms. The van der Waals surface area contributed by atoms with Crippen molar-refractivity contribution >= 4 is 5.91 Å². The summed E-state index contributed by atoms with van der Waals surface area (Å²) in [5.74, 6) is -0.0923. The Hall–Kier alpha value is -3.25. The van der Waals surface area contributed by atoms with E-state index in [0.29, 0.717) is 37.5 Å². The summed E-state index contributed by atoms with van der Waals surface area (Å²) < 4.78 is 32.3. The van der Waals surface area contributed by atoms with E-state index in [2.05, 4.69) is 4.90 Å². The van der Waals surface area contributed by atoms with Crippen molar-refractivity contribution in [1.82, 2.24) is 9.80 Å². The Morgan fingerprint density at radius 3 is 1.84 bits per heavy atom. The van der Waals surface area contributed by atoms with Crippen molar-refractivity contribution in [1.29, 1.82) is 0 Å². The lowest BCUT2D eigenvalue weighted by Gasteiger charge is -2.40. The summed E-state index contributed by atoms with van der Waals surface area (Å²) in [6.45, 7) is 2.38. The molecule has 4 nitrogen and oxygen atoms in total. The minimum atomic E-state index is -0.297. The van der Waals surface area contributed by atoms with Crippen LogP contribution >= 0.6 is 0 Å². The van der Waals surface area contributed by atoms with Gasteiger partial charge in [0, 0.05) is 26.2 Å². The third-order valence-electron chi connectivity index (χ3n) is 5.68. The highest BCUT2D eigenvalue weighted by molar-refractivity contribution is 5.97. The van der Waals surface area contributed by atoms with Crippen LogP contribution in [0.25, 0.3) is 0 Å². The molecule has 3 aromatic carbocycles. The van der Waals surface area contributed by atoms with Crippen molar-refractivity contribution in [3.05, 3.63) is 101 Å². The minimum absolute atomic E-state index is 0.0581. The molecule has 0 N–H and O–H groups in total. The number of hydrogen-bond acceptors (Lipinski definition) is 3. The molecule has 0 atom stereocenters. The second-order valence-electron chi connectivity index (χ2n) is 7.53. The Bertz CT molecular complexity index is 985. The largest absolute Gasteiger partial charge is 0.496 e. The van der Waals surface area contributed by atoms with Crippen LogP contribution in [0, 0.1) is 11.6 Å². The van der Waals surface area contributed by atoms with Crippen LogP contribution in [0.3, 0.4) is 0 Å². The number of piperazine rings is 1. The number of amides is 1. The fraction of sp³-hybridized carbons (Fsp3) is 0.240. The molecule has 0 aliphatic carbocycles. The van der Waals surface area contributed by atoms with Crippen LogP contribution in [0.4, 0.5) is 8.78 Å². The number of carbonyl (C=O) groups excluding carboxylic acids is 1. The summed E-state index contributed by atoms with van der Waals surface area (Å²) in [5.41, 5.74) is 2.40. The zero-order chi connectivity index (χ0) is 21.8. The lowest BCUT2D eigenvalue weighted by molar-refractivity contribution is 0.0594. The van der Waals surface area contributed by atoms with Crippen LogP contribution in [0.5, 0.6) is 5.75 Å². The average Bonchev–Trinajstić information content (AvgIpc) is 2.81. The molecule has 0 radical (unpaired) electrons. The second-order valence-corrected chi connectivity index (χ2v) is 7.53. The first kappa shape index (κ1) is 21.0. The summed E-state index contributed by atoms with van der Waals surface area (Å²) >= 11 is 0. The molecule has 4 rings (SSSR count). The Morgan fingerprint density at radius 1 is 0.806 bits per heavy atom. The summed E-state index contributed by atoms with van der Waals surface area (Å²) in [7, 11) is 1.56. The van der Waals surface area contributed by atoms with Crippen molar-refractivity contribution in [2.45, 2.75) is 6.04 Å². The molecule has 0 unspecified atom stereocenters. The van der Waals surface area contributed by atoms with Gasteiger partial charge in [-0.1, -0.05) is 36.4 Å². The van der Waals surface area contributed by atoms with Gasteiger partial charge < -0.3 is 9.64 Å². The van der Waals surface area contributed by atoms with Gasteiger partial charge in [0.05, 0.1) is 18.7 Å². The van der Waals surface area contributed by atoms with Crippen LogP contribution in [-0.4, -0.2) is 49.0 Å². The monoisotopic (exact) mass is 422 g/mol. The molecule has 0 spiro atoms. The van der Waals surface area contributed by atoms with Crippen LogP contribution in [-0.2, 0) is 0 Å². The number of para-hydroxylation sites is 1. The van der Waals surface area contributed by atoms with Gasteiger partial charge in [0.2, 0.25) is 0 Å². The summed E-state index contributed by atoms with van der Waals surface area (Å²) in [6.07, 6.45) is 0. The first-order chi connectivity index (χ1) is 15.1. The van der Waals surface area contributed by atoms with Gasteiger partial charge in [-0.3, -0.25) is 9.69 Å². The lowest BCUT2D eigenvalue weighted by atomic mass is 9.96. The zero-order valence-corrected chi connectivity index (χ0v) is 17.3. The van der Waals surface area contributed by atoms with Gasteiger partial charge in [0.25, 0.3) is 5.91 Å². The molecule has 1 saturated heterocycles. The van der Waals surface area contributed by atoms with Crippen LogP contribution < -0.4 is 4.74 Å². The number of ether oxygens (including phenoxy) is 1. The first-order valence-electron chi connectivity index (χ1n) is 10.2. The molecular formula is C25H24F2N2O2. The first-order valence-corrected chi connectivity index (χ1v) is 10.2. The van der Waals surface area contributed by atoms with Crippen molar-refractivity contribution in [2.24, 2.45) is 0 Å². The topological polar surface area (TPSA) is 32.8 Å². The normalized spacial score (nSPS) is 14.6. The number of benzene rings is 3. The van der Waals surface area contributed by atoms with Gasteiger partial charge in [0.15, 0.2) is 0 Å². The van der Waals surface area contributed by atoms with E-state index in [-0.39, 0.29) is 23.6 Å². The maximum atomic E-state index is 13.5. The third-order valence-corrected chi connectivity index (χ3v) is 5.68. The molecule has 3 aromatic rings. The Morgan fingerprint density at radius 2 is 1.32 bits per heavy atom. The highest BCUT2D eigenvalue weighted by atomic mass is 19.1. The number of hydrogen-bond donors (Lipinski definition) is 0. The van der Waals surface area contributed by atoms with E-state index in [0.717, 1.165) is 11.1 Å². The van der Waals surface area contributed by atoms with Gasteiger partial charge in [-0.2, -0.15) is 0 Å². The van der Waals surface area contributed by atoms with Crippen molar-refractivity contribution in [3.8, 4) is 5.75 Å². The van der Waals surface area contributed by atoms with E-state index in [1.807, 2.05) is 17.0 Å². The maximum absolute atomic E-state index is 13.5. The quantitative estimate of drug-likeness (QED) is 0.606. The van der Waals surface area contributed by atoms with E-state index in [1.54, 1.807) is 43.5 Å². The third kappa shape index (κ3) is 4.59. The number of methoxy groups -OCH3 is 1. The van der Waals surface area contributed by atoms with E-state index in [4.69, 9.17) is 4.74 Å². The molecular weight excluding hydrogens is 398 g/mol. The SMILES string of the molecule is COc1ccccc1C(=O)N1CCN(C(c2ccc(F)cc2)c2ccc(F)cc2)CC1. The van der Waals surface area contributed by atoms with Crippen LogP contribution in [0.1, 0.15) is 27.5 Å². The van der Waals surface area contributed by atoms with Gasteiger partial charge in [0.1, 0.15) is 17.4 Å². The van der Waals surface area contributed by atoms with E-state index in [9.17, 15) is 13.6 Å². The molecule has 0 aromatic heterocycles. The molecule has 1 aliphatic heterocycles. The molecule has 31 heavy (non-hydrogen) atoms. The number of halogens is 2. The Balaban J connectivity index is 1.54. The fourth-order valence-electron chi connectivity index (χ4n) is 4.08.